The fraction of sp³-hybridized carbons (Fsp3) is 0.303. The van der Waals surface area contributed by atoms with Crippen LogP contribution in [0.25, 0.3) is 5.70 Å². The van der Waals surface area contributed by atoms with E-state index < -0.39 is 12.2 Å². The van der Waals surface area contributed by atoms with Gasteiger partial charge in [0.25, 0.3) is 0 Å². The van der Waals surface area contributed by atoms with Gasteiger partial charge in [0.2, 0.25) is 11.8 Å². The van der Waals surface area contributed by atoms with Gasteiger partial charge < -0.3 is 15.0 Å². The van der Waals surface area contributed by atoms with Crippen molar-refractivity contribution in [2.45, 2.75) is 52.7 Å². The smallest absolute Gasteiger partial charge is 0.328 e. The molecule has 3 aromatic carbocycles. The Hall–Kier alpha value is -4.39. The molecule has 2 amide bonds. The molecule has 0 saturated carbocycles. The third-order valence-electron chi connectivity index (χ3n) is 7.38. The standard InChI is InChI=1S/C33H37N3O4/c1-6-25-15-11-12-22(3)31(25)28(7-2)34-29(33(39)40-5)20-24-16-18-27(19-17-24)36-30(38)21-35(23(4)37)32(36)26-13-9-8-10-14-26/h7-19,29,32,34H,6,20-21H2,1-5H3/b28-7-/t29?,32-/m0/s1. The Balaban J connectivity index is 1.59. The quantitative estimate of drug-likeness (QED) is 0.379. The van der Waals surface area contributed by atoms with Gasteiger partial charge in [-0.3, -0.25) is 14.5 Å². The van der Waals surface area contributed by atoms with Crippen molar-refractivity contribution in [3.63, 3.8) is 0 Å². The number of rotatable bonds is 9. The fourth-order valence-corrected chi connectivity index (χ4v) is 5.37. The van der Waals surface area contributed by atoms with Crippen molar-refractivity contribution in [2.75, 3.05) is 18.6 Å². The topological polar surface area (TPSA) is 79.0 Å². The second-order valence-corrected chi connectivity index (χ2v) is 9.95. The number of aryl methyl sites for hydroxylation is 2. The van der Waals surface area contributed by atoms with Gasteiger partial charge in [0.1, 0.15) is 18.8 Å². The van der Waals surface area contributed by atoms with Crippen molar-refractivity contribution in [1.82, 2.24) is 10.2 Å². The first-order valence-electron chi connectivity index (χ1n) is 13.6. The average molecular weight is 540 g/mol. The Morgan fingerprint density at radius 2 is 1.75 bits per heavy atom. The largest absolute Gasteiger partial charge is 0.467 e. The molecule has 208 valence electrons. The van der Waals surface area contributed by atoms with Gasteiger partial charge in [0.15, 0.2) is 0 Å². The summed E-state index contributed by atoms with van der Waals surface area (Å²) in [6, 6.07) is 22.7. The number of esters is 1. The predicted octanol–water partition coefficient (Wildman–Crippen LogP) is 5.19. The first-order valence-corrected chi connectivity index (χ1v) is 13.6. The second-order valence-electron chi connectivity index (χ2n) is 9.95. The van der Waals surface area contributed by atoms with Gasteiger partial charge in [0, 0.05) is 30.3 Å². The van der Waals surface area contributed by atoms with E-state index in [1.54, 1.807) is 9.80 Å². The number of nitrogens with one attached hydrogen (secondary N) is 1. The molecule has 1 aliphatic rings. The highest BCUT2D eigenvalue weighted by atomic mass is 16.5. The molecular formula is C33H37N3O4. The van der Waals surface area contributed by atoms with E-state index in [1.165, 1.54) is 19.6 Å². The van der Waals surface area contributed by atoms with Gasteiger partial charge in [0.05, 0.1) is 7.11 Å². The number of nitrogens with zero attached hydrogens (tertiary/aromatic N) is 2. The molecule has 7 nitrogen and oxygen atoms in total. The molecule has 2 atom stereocenters. The summed E-state index contributed by atoms with van der Waals surface area (Å²) in [5.41, 5.74) is 6.80. The van der Waals surface area contributed by atoms with Crippen molar-refractivity contribution in [3.05, 3.63) is 107 Å². The average Bonchev–Trinajstić information content (AvgIpc) is 3.33. The molecule has 1 aliphatic heterocycles. The number of hydrogen-bond acceptors (Lipinski definition) is 5. The molecule has 1 saturated heterocycles. The Bertz CT molecular complexity index is 1400. The van der Waals surface area contributed by atoms with Crippen molar-refractivity contribution in [1.29, 1.82) is 0 Å². The summed E-state index contributed by atoms with van der Waals surface area (Å²) >= 11 is 0. The molecule has 0 bridgehead atoms. The van der Waals surface area contributed by atoms with Crippen LogP contribution in [0.15, 0.2) is 78.9 Å². The summed E-state index contributed by atoms with van der Waals surface area (Å²) in [6.45, 7) is 7.65. The van der Waals surface area contributed by atoms with Crippen molar-refractivity contribution < 1.29 is 19.1 Å². The van der Waals surface area contributed by atoms with Gasteiger partial charge in [-0.2, -0.15) is 0 Å². The zero-order valence-electron chi connectivity index (χ0n) is 23.8. The highest BCUT2D eigenvalue weighted by Crippen LogP contribution is 2.35. The van der Waals surface area contributed by atoms with Crippen LogP contribution in [-0.4, -0.2) is 42.4 Å². The number of ether oxygens (including phenoxy) is 1. The summed E-state index contributed by atoms with van der Waals surface area (Å²) in [5.74, 6) is -0.660. The van der Waals surface area contributed by atoms with Crippen LogP contribution in [0, 0.1) is 6.92 Å². The van der Waals surface area contributed by atoms with E-state index in [-0.39, 0.29) is 24.3 Å². The summed E-state index contributed by atoms with van der Waals surface area (Å²) in [5, 5.41) is 3.44. The third-order valence-corrected chi connectivity index (χ3v) is 7.38. The van der Waals surface area contributed by atoms with Crippen LogP contribution in [0.1, 0.15) is 54.8 Å². The Morgan fingerprint density at radius 3 is 2.35 bits per heavy atom. The maximum absolute atomic E-state index is 13.1. The summed E-state index contributed by atoms with van der Waals surface area (Å²) in [4.78, 5) is 41.6. The summed E-state index contributed by atoms with van der Waals surface area (Å²) in [7, 11) is 1.39. The Labute approximate surface area is 236 Å². The molecule has 0 aliphatic carbocycles. The second kappa shape index (κ2) is 12.6. The fourth-order valence-electron chi connectivity index (χ4n) is 5.37. The zero-order chi connectivity index (χ0) is 28.8. The molecule has 0 radical (unpaired) electrons. The van der Waals surface area contributed by atoms with E-state index in [2.05, 4.69) is 31.3 Å². The van der Waals surface area contributed by atoms with E-state index in [0.29, 0.717) is 12.1 Å². The van der Waals surface area contributed by atoms with Gasteiger partial charge in [-0.15, -0.1) is 0 Å². The van der Waals surface area contributed by atoms with E-state index in [4.69, 9.17) is 4.74 Å². The molecule has 1 fully saturated rings. The minimum Gasteiger partial charge on any atom is -0.467 e. The molecule has 0 spiro atoms. The SMILES string of the molecule is C/C=C(\NC(Cc1ccc(N2C(=O)CN(C(C)=O)[C@@H]2c2ccccc2)cc1)C(=O)OC)c1c(C)cccc1CC. The maximum atomic E-state index is 13.1. The maximum Gasteiger partial charge on any atom is 0.328 e. The lowest BCUT2D eigenvalue weighted by molar-refractivity contribution is -0.142. The first kappa shape index (κ1) is 28.6. The third kappa shape index (κ3) is 5.93. The number of benzene rings is 3. The molecule has 0 aromatic heterocycles. The van der Waals surface area contributed by atoms with E-state index >= 15 is 0 Å². The molecule has 4 rings (SSSR count). The number of methoxy groups -OCH3 is 1. The van der Waals surface area contributed by atoms with Crippen molar-refractivity contribution >= 4 is 29.2 Å². The lowest BCUT2D eigenvalue weighted by Gasteiger charge is -2.30. The number of allylic oxidation sites excluding steroid dienone is 1. The molecule has 1 heterocycles. The van der Waals surface area contributed by atoms with Gasteiger partial charge >= 0.3 is 5.97 Å². The van der Waals surface area contributed by atoms with Crippen molar-refractivity contribution in [3.8, 4) is 0 Å². The molecule has 7 heteroatoms. The first-order chi connectivity index (χ1) is 19.3. The molecular weight excluding hydrogens is 502 g/mol. The molecule has 1 N–H and O–H groups in total. The predicted molar refractivity (Wildman–Crippen MR) is 157 cm³/mol. The molecule has 1 unspecified atom stereocenters. The van der Waals surface area contributed by atoms with Crippen LogP contribution >= 0.6 is 0 Å². The van der Waals surface area contributed by atoms with E-state index in [1.807, 2.05) is 73.7 Å². The van der Waals surface area contributed by atoms with Gasteiger partial charge in [-0.25, -0.2) is 4.79 Å². The Kier molecular flexibility index (Phi) is 9.04. The van der Waals surface area contributed by atoms with Crippen LogP contribution < -0.4 is 10.2 Å². The van der Waals surface area contributed by atoms with Crippen LogP contribution in [0.5, 0.6) is 0 Å². The van der Waals surface area contributed by atoms with Crippen LogP contribution in [0.4, 0.5) is 5.69 Å². The Morgan fingerprint density at radius 1 is 1.05 bits per heavy atom. The number of amides is 2. The normalized spacial score (nSPS) is 16.2. The number of hydrogen-bond donors (Lipinski definition) is 1. The number of carbonyl (C=O) groups excluding carboxylic acids is 3. The van der Waals surface area contributed by atoms with Gasteiger partial charge in [-0.1, -0.05) is 73.7 Å². The number of anilines is 1. The highest BCUT2D eigenvalue weighted by molar-refractivity contribution is 6.00. The van der Waals surface area contributed by atoms with Crippen LogP contribution in [-0.2, 0) is 32.0 Å². The lowest BCUT2D eigenvalue weighted by atomic mass is 9.96. The van der Waals surface area contributed by atoms with E-state index in [0.717, 1.165) is 34.4 Å². The highest BCUT2D eigenvalue weighted by Gasteiger charge is 2.41. The molecule has 3 aromatic rings. The zero-order valence-corrected chi connectivity index (χ0v) is 23.8. The lowest BCUT2D eigenvalue weighted by Crippen LogP contribution is -2.38. The van der Waals surface area contributed by atoms with Crippen LogP contribution in [0.2, 0.25) is 0 Å². The van der Waals surface area contributed by atoms with Crippen molar-refractivity contribution in [2.24, 2.45) is 0 Å². The summed E-state index contributed by atoms with van der Waals surface area (Å²) in [6.07, 6.45) is 2.75. The summed E-state index contributed by atoms with van der Waals surface area (Å²) < 4.78 is 5.15. The van der Waals surface area contributed by atoms with Crippen LogP contribution in [0.3, 0.4) is 0 Å². The minimum absolute atomic E-state index is 0.0236. The number of carbonyl (C=O) groups is 3. The minimum atomic E-state index is -0.606. The van der Waals surface area contributed by atoms with E-state index in [9.17, 15) is 14.4 Å². The monoisotopic (exact) mass is 539 g/mol. The van der Waals surface area contributed by atoms with Gasteiger partial charge in [-0.05, 0) is 54.7 Å². The molecule has 40 heavy (non-hydrogen) atoms.